The summed E-state index contributed by atoms with van der Waals surface area (Å²) in [5, 5.41) is 4.51. The van der Waals surface area contributed by atoms with E-state index in [4.69, 9.17) is 0 Å². The highest BCUT2D eigenvalue weighted by Gasteiger charge is 2.11. The molecule has 3 heteroatoms. The van der Waals surface area contributed by atoms with E-state index in [0.29, 0.717) is 6.54 Å². The normalized spacial score (nSPS) is 10.8. The summed E-state index contributed by atoms with van der Waals surface area (Å²) in [6.45, 7) is 6.67. The fourth-order valence-corrected chi connectivity index (χ4v) is 2.48. The fourth-order valence-electron chi connectivity index (χ4n) is 2.48. The first kappa shape index (κ1) is 15.5. The Hall–Kier alpha value is -1.90. The summed E-state index contributed by atoms with van der Waals surface area (Å²) in [4.78, 5) is 12.4. The van der Waals surface area contributed by atoms with Gasteiger partial charge in [0.25, 0.3) is 0 Å². The molecule has 0 unspecified atom stereocenters. The van der Waals surface area contributed by atoms with E-state index in [0.717, 1.165) is 42.6 Å². The van der Waals surface area contributed by atoms with Crippen LogP contribution in [0.5, 0.6) is 0 Å². The van der Waals surface area contributed by atoms with Crippen LogP contribution in [0.2, 0.25) is 0 Å². The van der Waals surface area contributed by atoms with Crippen molar-refractivity contribution in [1.29, 1.82) is 0 Å². The molecular weight excluding hydrogens is 260 g/mol. The Morgan fingerprint density at radius 3 is 2.38 bits per heavy atom. The molecule has 0 fully saturated rings. The second kappa shape index (κ2) is 7.21. The van der Waals surface area contributed by atoms with E-state index in [1.54, 1.807) is 0 Å². The van der Waals surface area contributed by atoms with Gasteiger partial charge in [-0.15, -0.1) is 0 Å². The van der Waals surface area contributed by atoms with Gasteiger partial charge in [0, 0.05) is 11.3 Å². The molecule has 3 nitrogen and oxygen atoms in total. The number of Topliss-reactive ketones (excluding diaryl/α,β-unsaturated/α-hetero) is 1. The van der Waals surface area contributed by atoms with Crippen LogP contribution in [0, 0.1) is 0 Å². The Bertz CT molecular complexity index is 596. The third-order valence-electron chi connectivity index (χ3n) is 3.75. The summed E-state index contributed by atoms with van der Waals surface area (Å²) in [6.07, 6.45) is 3.99. The zero-order valence-electron chi connectivity index (χ0n) is 13.2. The highest BCUT2D eigenvalue weighted by Crippen LogP contribution is 2.11. The second-order valence-corrected chi connectivity index (χ2v) is 5.36. The van der Waals surface area contributed by atoms with Crippen LogP contribution in [0.15, 0.2) is 30.3 Å². The highest BCUT2D eigenvalue weighted by molar-refractivity contribution is 5.95. The summed E-state index contributed by atoms with van der Waals surface area (Å²) in [6, 6.07) is 10.1. The predicted molar refractivity (Wildman–Crippen MR) is 85.8 cm³/mol. The lowest BCUT2D eigenvalue weighted by atomic mass is 10.1. The monoisotopic (exact) mass is 284 g/mol. The van der Waals surface area contributed by atoms with Crippen molar-refractivity contribution < 1.29 is 4.79 Å². The van der Waals surface area contributed by atoms with Crippen LogP contribution < -0.4 is 0 Å². The SMILES string of the molecule is CCCc1ccc(C(=O)Cn2nc(CC)cc2CC)cc1. The fraction of sp³-hybridized carbons (Fsp3) is 0.444. The lowest BCUT2D eigenvalue weighted by molar-refractivity contribution is 0.0966. The zero-order chi connectivity index (χ0) is 15.2. The maximum Gasteiger partial charge on any atom is 0.184 e. The van der Waals surface area contributed by atoms with Gasteiger partial charge in [-0.2, -0.15) is 5.10 Å². The Balaban J connectivity index is 2.11. The van der Waals surface area contributed by atoms with Crippen LogP contribution in [-0.4, -0.2) is 15.6 Å². The molecule has 2 rings (SSSR count). The van der Waals surface area contributed by atoms with Crippen molar-refractivity contribution in [3.05, 3.63) is 52.8 Å². The van der Waals surface area contributed by atoms with Gasteiger partial charge in [-0.3, -0.25) is 9.48 Å². The van der Waals surface area contributed by atoms with Gasteiger partial charge in [-0.1, -0.05) is 51.5 Å². The first-order valence-electron chi connectivity index (χ1n) is 7.85. The number of aryl methyl sites for hydroxylation is 3. The standard InChI is InChI=1S/C18H24N2O/c1-4-7-14-8-10-15(11-9-14)18(21)13-20-17(6-3)12-16(5-2)19-20/h8-12H,4-7,13H2,1-3H3. The number of carbonyl (C=O) groups is 1. The lowest BCUT2D eigenvalue weighted by Crippen LogP contribution is -2.14. The smallest absolute Gasteiger partial charge is 0.184 e. The summed E-state index contributed by atoms with van der Waals surface area (Å²) >= 11 is 0. The molecule has 0 N–H and O–H groups in total. The largest absolute Gasteiger partial charge is 0.292 e. The molecule has 0 saturated heterocycles. The van der Waals surface area contributed by atoms with E-state index >= 15 is 0 Å². The van der Waals surface area contributed by atoms with Gasteiger partial charge in [-0.05, 0) is 30.9 Å². The zero-order valence-corrected chi connectivity index (χ0v) is 13.2. The first-order valence-corrected chi connectivity index (χ1v) is 7.85. The van der Waals surface area contributed by atoms with E-state index in [1.165, 1.54) is 5.56 Å². The van der Waals surface area contributed by atoms with E-state index in [-0.39, 0.29) is 5.78 Å². The molecule has 1 aromatic heterocycles. The quantitative estimate of drug-likeness (QED) is 0.724. The summed E-state index contributed by atoms with van der Waals surface area (Å²) in [7, 11) is 0. The lowest BCUT2D eigenvalue weighted by Gasteiger charge is -2.06. The van der Waals surface area contributed by atoms with Crippen LogP contribution in [0.25, 0.3) is 0 Å². The molecule has 112 valence electrons. The number of hydrogen-bond donors (Lipinski definition) is 0. The minimum Gasteiger partial charge on any atom is -0.292 e. The maximum atomic E-state index is 12.4. The van der Waals surface area contributed by atoms with E-state index < -0.39 is 0 Å². The van der Waals surface area contributed by atoms with Crippen molar-refractivity contribution in [1.82, 2.24) is 9.78 Å². The van der Waals surface area contributed by atoms with Crippen LogP contribution in [0.4, 0.5) is 0 Å². The van der Waals surface area contributed by atoms with Crippen LogP contribution in [0.3, 0.4) is 0 Å². The van der Waals surface area contributed by atoms with Crippen molar-refractivity contribution in [2.24, 2.45) is 0 Å². The molecule has 0 atom stereocenters. The van der Waals surface area contributed by atoms with Crippen LogP contribution in [-0.2, 0) is 25.8 Å². The molecule has 0 aliphatic rings. The summed E-state index contributed by atoms with van der Waals surface area (Å²) in [5.41, 5.74) is 4.24. The molecule has 1 heterocycles. The van der Waals surface area contributed by atoms with Crippen molar-refractivity contribution in [2.45, 2.75) is 53.0 Å². The topological polar surface area (TPSA) is 34.9 Å². The maximum absolute atomic E-state index is 12.4. The molecule has 0 amide bonds. The van der Waals surface area contributed by atoms with Crippen molar-refractivity contribution >= 4 is 5.78 Å². The Morgan fingerprint density at radius 2 is 1.81 bits per heavy atom. The summed E-state index contributed by atoms with van der Waals surface area (Å²) in [5.74, 6) is 0.124. The summed E-state index contributed by atoms with van der Waals surface area (Å²) < 4.78 is 1.85. The molecule has 0 radical (unpaired) electrons. The Morgan fingerprint density at radius 1 is 1.10 bits per heavy atom. The third kappa shape index (κ3) is 3.81. The number of ketones is 1. The van der Waals surface area contributed by atoms with E-state index in [1.807, 2.05) is 16.8 Å². The van der Waals surface area contributed by atoms with Gasteiger partial charge in [0.1, 0.15) is 6.54 Å². The number of aromatic nitrogens is 2. The molecule has 2 aromatic rings. The number of rotatable bonds is 7. The molecule has 0 saturated carbocycles. The highest BCUT2D eigenvalue weighted by atomic mass is 16.1. The molecule has 1 aromatic carbocycles. The molecule has 21 heavy (non-hydrogen) atoms. The molecule has 0 aliphatic heterocycles. The molecule has 0 bridgehead atoms. The van der Waals surface area contributed by atoms with E-state index in [9.17, 15) is 4.79 Å². The van der Waals surface area contributed by atoms with Gasteiger partial charge in [0.05, 0.1) is 5.69 Å². The second-order valence-electron chi connectivity index (χ2n) is 5.36. The van der Waals surface area contributed by atoms with Crippen LogP contribution in [0.1, 0.15) is 54.5 Å². The third-order valence-corrected chi connectivity index (χ3v) is 3.75. The molecular formula is C18H24N2O. The van der Waals surface area contributed by atoms with E-state index in [2.05, 4.69) is 44.1 Å². The van der Waals surface area contributed by atoms with Gasteiger partial charge in [0.2, 0.25) is 0 Å². The average Bonchev–Trinajstić information content (AvgIpc) is 2.90. The van der Waals surface area contributed by atoms with Gasteiger partial charge in [-0.25, -0.2) is 0 Å². The number of nitrogens with zero attached hydrogens (tertiary/aromatic N) is 2. The number of carbonyl (C=O) groups excluding carboxylic acids is 1. The van der Waals surface area contributed by atoms with Crippen LogP contribution >= 0.6 is 0 Å². The number of hydrogen-bond acceptors (Lipinski definition) is 2. The average molecular weight is 284 g/mol. The first-order chi connectivity index (χ1) is 10.2. The molecule has 0 spiro atoms. The van der Waals surface area contributed by atoms with Crippen molar-refractivity contribution in [3.63, 3.8) is 0 Å². The Kier molecular flexibility index (Phi) is 5.32. The van der Waals surface area contributed by atoms with Gasteiger partial charge < -0.3 is 0 Å². The van der Waals surface area contributed by atoms with Crippen molar-refractivity contribution in [2.75, 3.05) is 0 Å². The van der Waals surface area contributed by atoms with Gasteiger partial charge >= 0.3 is 0 Å². The predicted octanol–water partition coefficient (Wildman–Crippen LogP) is 3.84. The van der Waals surface area contributed by atoms with Crippen molar-refractivity contribution in [3.8, 4) is 0 Å². The minimum absolute atomic E-state index is 0.124. The number of benzene rings is 1. The minimum atomic E-state index is 0.124. The van der Waals surface area contributed by atoms with Gasteiger partial charge in [0.15, 0.2) is 5.78 Å². The Labute approximate surface area is 127 Å². The molecule has 0 aliphatic carbocycles.